The van der Waals surface area contributed by atoms with Crippen molar-refractivity contribution in [2.75, 3.05) is 13.2 Å². The largest absolute Gasteiger partial charge is 0.855 e. The van der Waals surface area contributed by atoms with E-state index >= 15 is 0 Å². The van der Waals surface area contributed by atoms with Crippen LogP contribution in [0.5, 0.6) is 0 Å². The van der Waals surface area contributed by atoms with Gasteiger partial charge < -0.3 is 22.0 Å². The zero-order valence-electron chi connectivity index (χ0n) is 18.9. The molecule has 0 aromatic rings. The molecule has 0 aliphatic rings. The van der Waals surface area contributed by atoms with E-state index in [1.54, 1.807) is 6.92 Å². The number of allylic oxidation sites excluding steroid dienone is 2. The Bertz CT molecular complexity index is 390. The van der Waals surface area contributed by atoms with Crippen LogP contribution in [0.25, 0.3) is 0 Å². The topological polar surface area (TPSA) is 162 Å². The Balaban J connectivity index is -0.000000538. The van der Waals surface area contributed by atoms with Gasteiger partial charge in [-0.25, -0.2) is 8.42 Å². The van der Waals surface area contributed by atoms with E-state index in [4.69, 9.17) is 5.11 Å². The predicted molar refractivity (Wildman–Crippen MR) is 118 cm³/mol. The molecule has 8 heteroatoms. The van der Waals surface area contributed by atoms with Crippen molar-refractivity contribution in [3.8, 4) is 0 Å². The van der Waals surface area contributed by atoms with Crippen molar-refractivity contribution in [2.45, 2.75) is 104 Å². The quantitative estimate of drug-likeness (QED) is 0.133. The molecule has 0 rings (SSSR count). The molecule has 28 heavy (non-hydrogen) atoms. The van der Waals surface area contributed by atoms with Crippen LogP contribution < -0.4 is 17.4 Å². The van der Waals surface area contributed by atoms with Crippen molar-refractivity contribution < 1.29 is 22.3 Å². The van der Waals surface area contributed by atoms with E-state index in [0.29, 0.717) is 6.42 Å². The van der Waals surface area contributed by atoms with Crippen LogP contribution in [0.3, 0.4) is 0 Å². The molecule has 0 spiro atoms. The lowest BCUT2D eigenvalue weighted by atomic mass is 10.1. The minimum absolute atomic E-state index is 0. The SMILES string of the molecule is CCCCCCCC/C=C\CCCCCCCCOS(=O)(=O)[O-].CC[O-].[NH4+].[NH4+]. The molecule has 0 atom stereocenters. The van der Waals surface area contributed by atoms with Gasteiger partial charge in [0, 0.05) is 0 Å². The Morgan fingerprint density at radius 1 is 0.714 bits per heavy atom. The van der Waals surface area contributed by atoms with Gasteiger partial charge in [-0.2, -0.15) is 0 Å². The van der Waals surface area contributed by atoms with Gasteiger partial charge in [-0.15, -0.1) is 6.61 Å². The van der Waals surface area contributed by atoms with Crippen LogP contribution in [-0.4, -0.2) is 26.2 Å². The second kappa shape index (κ2) is 28.7. The highest BCUT2D eigenvalue weighted by atomic mass is 32.3. The first-order chi connectivity index (χ1) is 12.5. The standard InChI is InChI=1S/C18H36O4S.C2H5O.2H3N/c1-2-3-4-5-6-7-8-9-10-11-12-13-14-15-16-17-18-22-23(19,20)21;1-2-3;;/h9-10H,2-8,11-18H2,1H3,(H,19,20,21);2H2,1H3;2*1H3/q;-1;;/p+1/b10-9-;;;. The van der Waals surface area contributed by atoms with Crippen LogP contribution in [0.15, 0.2) is 12.2 Å². The van der Waals surface area contributed by atoms with E-state index in [9.17, 15) is 13.0 Å². The summed E-state index contributed by atoms with van der Waals surface area (Å²) in [5.41, 5.74) is 0. The Hall–Kier alpha value is -0.510. The van der Waals surface area contributed by atoms with Gasteiger partial charge in [-0.3, -0.25) is 4.18 Å². The van der Waals surface area contributed by atoms with Crippen molar-refractivity contribution in [2.24, 2.45) is 0 Å². The molecule has 0 saturated carbocycles. The smallest absolute Gasteiger partial charge is 0.217 e. The zero-order chi connectivity index (χ0) is 19.9. The Labute approximate surface area is 174 Å². The normalized spacial score (nSPS) is 10.7. The maximum absolute atomic E-state index is 10.2. The van der Waals surface area contributed by atoms with Crippen molar-refractivity contribution in [3.63, 3.8) is 0 Å². The lowest BCUT2D eigenvalue weighted by Gasteiger charge is -2.06. The molecule has 8 N–H and O–H groups in total. The van der Waals surface area contributed by atoms with E-state index in [0.717, 1.165) is 25.7 Å². The average Bonchev–Trinajstić information content (AvgIpc) is 2.57. The van der Waals surface area contributed by atoms with Crippen molar-refractivity contribution >= 4 is 10.4 Å². The lowest BCUT2D eigenvalue weighted by molar-refractivity contribution is -0.361. The minimum Gasteiger partial charge on any atom is -0.855 e. The summed E-state index contributed by atoms with van der Waals surface area (Å²) in [6, 6.07) is 0. The van der Waals surface area contributed by atoms with Gasteiger partial charge in [-0.05, 0) is 32.1 Å². The fraction of sp³-hybridized carbons (Fsp3) is 0.900. The van der Waals surface area contributed by atoms with Gasteiger partial charge in [0.15, 0.2) is 0 Å². The second-order valence-corrected chi connectivity index (χ2v) is 7.51. The molecule has 0 aliphatic heterocycles. The van der Waals surface area contributed by atoms with Crippen LogP contribution in [0.2, 0.25) is 0 Å². The fourth-order valence-corrected chi connectivity index (χ4v) is 2.83. The fourth-order valence-electron chi connectivity index (χ4n) is 2.51. The summed E-state index contributed by atoms with van der Waals surface area (Å²) >= 11 is 0. The highest BCUT2D eigenvalue weighted by molar-refractivity contribution is 7.80. The Morgan fingerprint density at radius 2 is 1.07 bits per heavy atom. The predicted octanol–water partition coefficient (Wildman–Crippen LogP) is 5.62. The zero-order valence-corrected chi connectivity index (χ0v) is 19.7. The molecule has 0 aromatic heterocycles. The summed E-state index contributed by atoms with van der Waals surface area (Å²) < 4.78 is 34.8. The first-order valence-electron chi connectivity index (χ1n) is 10.3. The number of quaternary nitrogens is 2. The van der Waals surface area contributed by atoms with Gasteiger partial charge in [0.05, 0.1) is 6.61 Å². The van der Waals surface area contributed by atoms with Gasteiger partial charge in [0.1, 0.15) is 0 Å². The monoisotopic (exact) mass is 428 g/mol. The maximum atomic E-state index is 10.2. The van der Waals surface area contributed by atoms with Gasteiger partial charge in [0.2, 0.25) is 10.4 Å². The second-order valence-electron chi connectivity index (χ2n) is 6.46. The van der Waals surface area contributed by atoms with Crippen LogP contribution in [0.4, 0.5) is 0 Å². The molecule has 7 nitrogen and oxygen atoms in total. The summed E-state index contributed by atoms with van der Waals surface area (Å²) in [5, 5.41) is 8.93. The first kappa shape index (κ1) is 35.0. The number of rotatable bonds is 17. The van der Waals surface area contributed by atoms with Crippen molar-refractivity contribution in [1.82, 2.24) is 12.3 Å². The third-order valence-electron chi connectivity index (χ3n) is 3.88. The average molecular weight is 429 g/mol. The summed E-state index contributed by atoms with van der Waals surface area (Å²) in [7, 11) is -4.50. The van der Waals surface area contributed by atoms with Gasteiger partial charge in [-0.1, -0.05) is 83.8 Å². The molecule has 0 aromatic carbocycles. The molecule has 0 heterocycles. The Kier molecular flexibility index (Phi) is 35.8. The number of unbranched alkanes of at least 4 members (excludes halogenated alkanes) is 12. The molecular formula is C20H48N2O5S. The summed E-state index contributed by atoms with van der Waals surface area (Å²) in [5.74, 6) is 0. The summed E-state index contributed by atoms with van der Waals surface area (Å²) in [6.07, 6.45) is 21.4. The highest BCUT2D eigenvalue weighted by Gasteiger charge is 1.95. The van der Waals surface area contributed by atoms with Crippen LogP contribution in [-0.2, 0) is 14.6 Å². The molecule has 0 fully saturated rings. The van der Waals surface area contributed by atoms with Gasteiger partial charge in [0.25, 0.3) is 0 Å². The number of hydrogen-bond donors (Lipinski definition) is 2. The highest BCUT2D eigenvalue weighted by Crippen LogP contribution is 2.10. The van der Waals surface area contributed by atoms with Crippen molar-refractivity contribution in [3.05, 3.63) is 12.2 Å². The first-order valence-corrected chi connectivity index (χ1v) is 11.6. The number of hydrogen-bond acceptors (Lipinski definition) is 5. The van der Waals surface area contributed by atoms with Crippen LogP contribution >= 0.6 is 0 Å². The van der Waals surface area contributed by atoms with Crippen LogP contribution in [0, 0.1) is 0 Å². The third-order valence-corrected chi connectivity index (χ3v) is 4.34. The van der Waals surface area contributed by atoms with E-state index < -0.39 is 10.4 Å². The third kappa shape index (κ3) is 40.2. The molecule has 0 bridgehead atoms. The minimum atomic E-state index is -4.50. The molecule has 0 saturated heterocycles. The Morgan fingerprint density at radius 3 is 1.46 bits per heavy atom. The maximum Gasteiger partial charge on any atom is 0.217 e. The summed E-state index contributed by atoms with van der Waals surface area (Å²) in [6.45, 7) is 3.84. The molecule has 0 unspecified atom stereocenters. The van der Waals surface area contributed by atoms with Crippen LogP contribution in [0.1, 0.15) is 104 Å². The van der Waals surface area contributed by atoms with E-state index in [1.807, 2.05) is 0 Å². The van der Waals surface area contributed by atoms with Gasteiger partial charge >= 0.3 is 0 Å². The van der Waals surface area contributed by atoms with E-state index in [2.05, 4.69) is 23.3 Å². The molecule has 0 radical (unpaired) electrons. The molecule has 0 aliphatic carbocycles. The molecular weight excluding hydrogens is 380 g/mol. The summed E-state index contributed by atoms with van der Waals surface area (Å²) in [4.78, 5) is 0. The molecule has 174 valence electrons. The van der Waals surface area contributed by atoms with E-state index in [1.165, 1.54) is 57.8 Å². The van der Waals surface area contributed by atoms with Crippen molar-refractivity contribution in [1.29, 1.82) is 0 Å². The molecule has 0 amide bonds. The lowest BCUT2D eigenvalue weighted by Crippen LogP contribution is -2.05. The van der Waals surface area contributed by atoms with E-state index in [-0.39, 0.29) is 25.5 Å².